The van der Waals surface area contributed by atoms with Gasteiger partial charge in [-0.15, -0.1) is 0 Å². The summed E-state index contributed by atoms with van der Waals surface area (Å²) in [6.07, 6.45) is 4.71. The zero-order chi connectivity index (χ0) is 70.2. The minimum absolute atomic E-state index is 0.0805. The van der Waals surface area contributed by atoms with E-state index in [2.05, 4.69) is 374 Å². The molecular formula is C98H87BN4. The minimum atomic E-state index is -0.160. The van der Waals surface area contributed by atoms with Gasteiger partial charge in [0.05, 0.1) is 27.8 Å². The topological polar surface area (TPSA) is 16.3 Å². The van der Waals surface area contributed by atoms with Gasteiger partial charge in [-0.1, -0.05) is 270 Å². The number of fused-ring (bicyclic) bond motifs is 12. The molecule has 0 unspecified atom stereocenters. The summed E-state index contributed by atoms with van der Waals surface area (Å²) in [6, 6.07) is 108. The average molecular weight is 1330 g/mol. The summed E-state index contributed by atoms with van der Waals surface area (Å²) in [7, 11) is 0. The molecule has 2 aliphatic heterocycles. The van der Waals surface area contributed by atoms with Gasteiger partial charge in [0.25, 0.3) is 6.71 Å². The van der Waals surface area contributed by atoms with Crippen molar-refractivity contribution in [3.63, 3.8) is 0 Å². The second-order valence-electron chi connectivity index (χ2n) is 33.8. The molecule has 4 nitrogen and oxygen atoms in total. The minimum Gasteiger partial charge on any atom is -0.311 e. The lowest BCUT2D eigenvalue weighted by molar-refractivity contribution is 0.332. The van der Waals surface area contributed by atoms with Crippen LogP contribution >= 0.6 is 0 Å². The predicted molar refractivity (Wildman–Crippen MR) is 440 cm³/mol. The molecule has 0 amide bonds. The Balaban J connectivity index is 0.887. The molecule has 0 atom stereocenters. The molecule has 0 fully saturated rings. The highest BCUT2D eigenvalue weighted by Crippen LogP contribution is 2.52. The Morgan fingerprint density at radius 1 is 0.282 bits per heavy atom. The van der Waals surface area contributed by atoms with Gasteiger partial charge in [0, 0.05) is 61.4 Å². The first-order chi connectivity index (χ1) is 49.7. The van der Waals surface area contributed by atoms with E-state index < -0.39 is 0 Å². The molecule has 0 saturated heterocycles. The van der Waals surface area contributed by atoms with E-state index in [4.69, 9.17) is 0 Å². The number of benzene rings is 13. The van der Waals surface area contributed by atoms with Gasteiger partial charge in [-0.2, -0.15) is 0 Å². The number of aromatic nitrogens is 2. The Labute approximate surface area is 607 Å². The lowest BCUT2D eigenvalue weighted by Gasteiger charge is -2.45. The van der Waals surface area contributed by atoms with Crippen LogP contribution in [0.15, 0.2) is 279 Å². The van der Waals surface area contributed by atoms with E-state index in [9.17, 15) is 0 Å². The molecule has 5 heteroatoms. The molecule has 103 heavy (non-hydrogen) atoms. The van der Waals surface area contributed by atoms with Gasteiger partial charge < -0.3 is 18.9 Å². The van der Waals surface area contributed by atoms with E-state index in [-0.39, 0.29) is 33.8 Å². The van der Waals surface area contributed by atoms with Gasteiger partial charge in [-0.25, -0.2) is 0 Å². The Bertz CT molecular complexity index is 5930. The molecule has 2 aliphatic carbocycles. The van der Waals surface area contributed by atoms with Crippen LogP contribution in [0.25, 0.3) is 99.5 Å². The first kappa shape index (κ1) is 63.1. The van der Waals surface area contributed by atoms with E-state index in [1.807, 2.05) is 0 Å². The number of hydrogen-bond acceptors (Lipinski definition) is 2. The van der Waals surface area contributed by atoms with Crippen LogP contribution in [0.1, 0.15) is 130 Å². The fourth-order valence-electron chi connectivity index (χ4n) is 18.7. The summed E-state index contributed by atoms with van der Waals surface area (Å²) in [5, 5.41) is 4.93. The normalized spacial score (nSPS) is 16.0. The van der Waals surface area contributed by atoms with Crippen molar-refractivity contribution in [2.75, 3.05) is 9.80 Å². The second-order valence-corrected chi connectivity index (χ2v) is 33.8. The monoisotopic (exact) mass is 1330 g/mol. The Morgan fingerprint density at radius 3 is 1.19 bits per heavy atom. The van der Waals surface area contributed by atoms with Crippen molar-refractivity contribution in [1.29, 1.82) is 0 Å². The molecule has 0 saturated carbocycles. The molecule has 4 aliphatic rings. The van der Waals surface area contributed by atoms with Crippen LogP contribution < -0.4 is 26.2 Å². The average Bonchev–Trinajstić information content (AvgIpc) is 1.15. The van der Waals surface area contributed by atoms with Gasteiger partial charge in [0.15, 0.2) is 0 Å². The fraction of sp³-hybridized carbons (Fsp3) is 0.204. The van der Waals surface area contributed by atoms with Crippen molar-refractivity contribution in [3.05, 3.63) is 307 Å². The van der Waals surface area contributed by atoms with E-state index in [0.29, 0.717) is 0 Å². The summed E-state index contributed by atoms with van der Waals surface area (Å²) in [5.41, 5.74) is 34.9. The summed E-state index contributed by atoms with van der Waals surface area (Å²) >= 11 is 0. The zero-order valence-corrected chi connectivity index (χ0v) is 61.3. The van der Waals surface area contributed by atoms with Gasteiger partial charge in [-0.05, 0) is 226 Å². The third kappa shape index (κ3) is 9.92. The summed E-state index contributed by atoms with van der Waals surface area (Å²) in [5.74, 6) is 0. The van der Waals surface area contributed by atoms with Crippen molar-refractivity contribution in [2.45, 2.75) is 129 Å². The van der Waals surface area contributed by atoms with Crippen LogP contribution in [0.5, 0.6) is 0 Å². The maximum Gasteiger partial charge on any atom is 0.252 e. The molecule has 2 aromatic heterocycles. The molecule has 13 aromatic carbocycles. The molecular weight excluding hydrogens is 1240 g/mol. The van der Waals surface area contributed by atoms with Gasteiger partial charge in [-0.3, -0.25) is 0 Å². The molecule has 0 radical (unpaired) electrons. The van der Waals surface area contributed by atoms with E-state index in [1.165, 1.54) is 164 Å². The Kier molecular flexibility index (Phi) is 14.0. The van der Waals surface area contributed by atoms with Crippen LogP contribution in [0.4, 0.5) is 34.1 Å². The molecule has 0 spiro atoms. The highest BCUT2D eigenvalue weighted by Gasteiger charge is 2.45. The van der Waals surface area contributed by atoms with Crippen LogP contribution in [-0.4, -0.2) is 15.8 Å². The second kappa shape index (κ2) is 22.8. The lowest BCUT2D eigenvalue weighted by atomic mass is 9.33. The highest BCUT2D eigenvalue weighted by atomic mass is 15.2. The fourth-order valence-corrected chi connectivity index (χ4v) is 18.7. The summed E-state index contributed by atoms with van der Waals surface area (Å²) < 4.78 is 5.05. The van der Waals surface area contributed by atoms with Crippen LogP contribution in [-0.2, 0) is 27.1 Å². The van der Waals surface area contributed by atoms with Crippen molar-refractivity contribution in [1.82, 2.24) is 9.13 Å². The SMILES string of the molecule is CC(C)(C)c1ccccc1-c1ccc2c(c1)N(c1ccc(-c3ccc4c(c3)C(C)(C)CCC4(C)C)cc1)c1cc(-n3c4ccccc4c4ccccc43)cc3c1B2c1ccc(-n2c4ccccc4c4cc(-c5ccccc5)ccc42)cc1N3c1ccc(-c2ccc3c(c2)C(C)(C)CCC3(C)C)cc1. The van der Waals surface area contributed by atoms with Crippen molar-refractivity contribution >= 4 is 101 Å². The van der Waals surface area contributed by atoms with Gasteiger partial charge in [0.1, 0.15) is 0 Å². The van der Waals surface area contributed by atoms with Crippen LogP contribution in [0.3, 0.4) is 0 Å². The van der Waals surface area contributed by atoms with Crippen molar-refractivity contribution in [3.8, 4) is 55.9 Å². The third-order valence-corrected chi connectivity index (χ3v) is 24.6. The first-order valence-corrected chi connectivity index (χ1v) is 37.4. The molecule has 0 bridgehead atoms. The molecule has 15 aromatic rings. The zero-order valence-electron chi connectivity index (χ0n) is 61.3. The number of anilines is 6. The molecule has 0 N–H and O–H groups in total. The van der Waals surface area contributed by atoms with Crippen LogP contribution in [0, 0.1) is 0 Å². The van der Waals surface area contributed by atoms with E-state index >= 15 is 0 Å². The molecule has 4 heterocycles. The van der Waals surface area contributed by atoms with Crippen LogP contribution in [0.2, 0.25) is 0 Å². The quantitative estimate of drug-likeness (QED) is 0.141. The number of rotatable bonds is 8. The maximum atomic E-state index is 2.63. The number of hydrogen-bond donors (Lipinski definition) is 0. The smallest absolute Gasteiger partial charge is 0.252 e. The largest absolute Gasteiger partial charge is 0.311 e. The summed E-state index contributed by atoms with van der Waals surface area (Å²) in [6.45, 7) is 26.3. The maximum absolute atomic E-state index is 2.63. The van der Waals surface area contributed by atoms with Crippen molar-refractivity contribution in [2.24, 2.45) is 0 Å². The third-order valence-electron chi connectivity index (χ3n) is 24.6. The van der Waals surface area contributed by atoms with E-state index in [1.54, 1.807) is 0 Å². The number of nitrogens with zero attached hydrogens (tertiary/aromatic N) is 4. The summed E-state index contributed by atoms with van der Waals surface area (Å²) in [4.78, 5) is 5.27. The van der Waals surface area contributed by atoms with Crippen molar-refractivity contribution < 1.29 is 0 Å². The van der Waals surface area contributed by atoms with E-state index in [0.717, 1.165) is 39.8 Å². The highest BCUT2D eigenvalue weighted by molar-refractivity contribution is 7.00. The molecule has 502 valence electrons. The lowest BCUT2D eigenvalue weighted by Crippen LogP contribution is -2.61. The predicted octanol–water partition coefficient (Wildman–Crippen LogP) is 24.6. The standard InChI is InChI=1S/C98H87BN4/c1-94(2,3)78-29-19-15-25-73(78)68-39-48-83-89(58-68)100(69-41-33-63(34-42-69)66-37-46-79-81(56-66)97(8,9)53-51-95(79,4)5)91-60-72(103-85-30-20-16-26-74(85)75-27-17-21-31-86(75)103)61-92-93(91)99(83)84-49-45-71(102-87-32-22-18-28-76(87)77-55-65(40-50-88(77)102)62-23-13-12-14-24-62)59-90(84)101(92)70-43-35-64(36-44-70)67-38-47-80-82(57-67)98(10,11)54-52-96(80,6)7/h12-50,55-61H,51-54H2,1-11H3. The Morgan fingerprint density at radius 2 is 0.660 bits per heavy atom. The van der Waals surface area contributed by atoms with Gasteiger partial charge >= 0.3 is 0 Å². The number of para-hydroxylation sites is 3. The molecule has 19 rings (SSSR count). The van der Waals surface area contributed by atoms with Gasteiger partial charge in [0.2, 0.25) is 0 Å². The first-order valence-electron chi connectivity index (χ1n) is 37.4. The Hall–Kier alpha value is -10.9.